The van der Waals surface area contributed by atoms with Crippen LogP contribution in [0.4, 0.5) is 0 Å². The van der Waals surface area contributed by atoms with Crippen LogP contribution in [-0.2, 0) is 33.2 Å². The molecule has 1 fully saturated rings. The minimum atomic E-state index is -1.70. The topological polar surface area (TPSA) is 124 Å². The number of hydrogen-bond acceptors (Lipinski definition) is 10. The molecule has 5 atom stereocenters. The fourth-order valence-electron chi connectivity index (χ4n) is 4.00. The number of carbonyl (C=O) groups excluding carboxylic acids is 4. The van der Waals surface area contributed by atoms with Crippen molar-refractivity contribution in [2.75, 3.05) is 14.2 Å². The van der Waals surface area contributed by atoms with Gasteiger partial charge in [-0.15, -0.1) is 0 Å². The first kappa shape index (κ1) is 27.5. The molecule has 0 bridgehead atoms. The zero-order valence-electron chi connectivity index (χ0n) is 21.1. The molecule has 0 amide bonds. The van der Waals surface area contributed by atoms with Gasteiger partial charge in [-0.2, -0.15) is 0 Å². The molecule has 3 aromatic rings. The van der Waals surface area contributed by atoms with Crippen molar-refractivity contribution in [1.82, 2.24) is 0 Å². The Morgan fingerprint density at radius 3 is 1.51 bits per heavy atom. The second kappa shape index (κ2) is 12.8. The molecule has 0 aliphatic carbocycles. The van der Waals surface area contributed by atoms with Crippen LogP contribution in [0.1, 0.15) is 31.1 Å². The summed E-state index contributed by atoms with van der Waals surface area (Å²) in [6, 6.07) is 24.2. The number of benzene rings is 3. The van der Waals surface area contributed by atoms with Gasteiger partial charge in [-0.05, 0) is 36.4 Å². The van der Waals surface area contributed by atoms with E-state index >= 15 is 0 Å². The van der Waals surface area contributed by atoms with Gasteiger partial charge in [0, 0.05) is 7.11 Å². The molecule has 1 aliphatic rings. The van der Waals surface area contributed by atoms with Crippen LogP contribution in [0.15, 0.2) is 91.0 Å². The van der Waals surface area contributed by atoms with Gasteiger partial charge in [0.15, 0.2) is 18.5 Å². The molecule has 3 aromatic carbocycles. The third kappa shape index (κ3) is 6.49. The van der Waals surface area contributed by atoms with Crippen molar-refractivity contribution in [1.29, 1.82) is 0 Å². The fourth-order valence-corrected chi connectivity index (χ4v) is 4.00. The van der Waals surface area contributed by atoms with Crippen LogP contribution >= 0.6 is 0 Å². The Bertz CT molecular complexity index is 1280. The number of ether oxygens (including phenoxy) is 6. The van der Waals surface area contributed by atoms with Crippen LogP contribution in [0, 0.1) is 0 Å². The highest BCUT2D eigenvalue weighted by atomic mass is 16.7. The van der Waals surface area contributed by atoms with E-state index in [2.05, 4.69) is 0 Å². The predicted octanol–water partition coefficient (Wildman–Crippen LogP) is 3.21. The van der Waals surface area contributed by atoms with Gasteiger partial charge in [-0.25, -0.2) is 19.2 Å². The van der Waals surface area contributed by atoms with E-state index in [1.807, 2.05) is 0 Å². The molecule has 4 rings (SSSR count). The maximum absolute atomic E-state index is 13.1. The van der Waals surface area contributed by atoms with Gasteiger partial charge in [0.25, 0.3) is 0 Å². The molecule has 0 N–H and O–H groups in total. The van der Waals surface area contributed by atoms with Crippen molar-refractivity contribution in [2.24, 2.45) is 0 Å². The Morgan fingerprint density at radius 1 is 0.641 bits per heavy atom. The van der Waals surface area contributed by atoms with Gasteiger partial charge >= 0.3 is 23.9 Å². The summed E-state index contributed by atoms with van der Waals surface area (Å²) in [5, 5.41) is 0. The average Bonchev–Trinajstić information content (AvgIpc) is 3.32. The molecular formula is C29H26O10. The van der Waals surface area contributed by atoms with Gasteiger partial charge in [0.1, 0.15) is 6.10 Å². The molecule has 1 aliphatic heterocycles. The van der Waals surface area contributed by atoms with E-state index in [9.17, 15) is 19.2 Å². The molecule has 39 heavy (non-hydrogen) atoms. The summed E-state index contributed by atoms with van der Waals surface area (Å²) in [6.07, 6.45) is -7.18. The smallest absolute Gasteiger partial charge is 0.350 e. The SMILES string of the molecule is COC(=O)[C@@H](OC(=O)c1ccccc1)[C@@H]1O[C@@H](OC)[C@H](OC(=O)c2ccccc2)[C@H]1OC(=O)c1ccccc1. The third-order valence-corrected chi connectivity index (χ3v) is 5.92. The maximum atomic E-state index is 13.1. The molecule has 0 unspecified atom stereocenters. The van der Waals surface area contributed by atoms with Crippen LogP contribution in [0.25, 0.3) is 0 Å². The normalized spacial score (nSPS) is 20.9. The van der Waals surface area contributed by atoms with Crippen LogP contribution in [0.2, 0.25) is 0 Å². The van der Waals surface area contributed by atoms with Gasteiger partial charge in [0.2, 0.25) is 6.10 Å². The number of hydrogen-bond donors (Lipinski definition) is 0. The molecule has 10 nitrogen and oxygen atoms in total. The minimum absolute atomic E-state index is 0.164. The van der Waals surface area contributed by atoms with Crippen molar-refractivity contribution in [2.45, 2.75) is 30.7 Å². The van der Waals surface area contributed by atoms with Crippen LogP contribution in [-0.4, -0.2) is 68.8 Å². The van der Waals surface area contributed by atoms with E-state index in [1.54, 1.807) is 66.7 Å². The Hall–Kier alpha value is -4.54. The summed E-state index contributed by atoms with van der Waals surface area (Å²) in [4.78, 5) is 51.7. The van der Waals surface area contributed by atoms with Gasteiger partial charge in [-0.3, -0.25) is 0 Å². The van der Waals surface area contributed by atoms with Gasteiger partial charge < -0.3 is 28.4 Å². The zero-order valence-corrected chi connectivity index (χ0v) is 21.1. The molecule has 0 radical (unpaired) electrons. The second-order valence-corrected chi connectivity index (χ2v) is 8.39. The highest BCUT2D eigenvalue weighted by Crippen LogP contribution is 2.32. The molecular weight excluding hydrogens is 508 g/mol. The monoisotopic (exact) mass is 534 g/mol. The molecule has 0 aromatic heterocycles. The van der Waals surface area contributed by atoms with Crippen molar-refractivity contribution in [3.63, 3.8) is 0 Å². The van der Waals surface area contributed by atoms with Crippen molar-refractivity contribution < 1.29 is 47.6 Å². The Labute approximate surface area is 224 Å². The van der Waals surface area contributed by atoms with Crippen molar-refractivity contribution in [3.8, 4) is 0 Å². The summed E-state index contributed by atoms with van der Waals surface area (Å²) in [5.41, 5.74) is 0.586. The average molecular weight is 535 g/mol. The van der Waals surface area contributed by atoms with E-state index in [-0.39, 0.29) is 16.7 Å². The lowest BCUT2D eigenvalue weighted by Gasteiger charge is -2.27. The number of rotatable bonds is 9. The number of esters is 4. The van der Waals surface area contributed by atoms with Gasteiger partial charge in [-0.1, -0.05) is 54.6 Å². The number of methoxy groups -OCH3 is 2. The molecule has 1 saturated heterocycles. The first-order chi connectivity index (χ1) is 18.9. The molecule has 0 saturated carbocycles. The second-order valence-electron chi connectivity index (χ2n) is 8.39. The Morgan fingerprint density at radius 2 is 1.08 bits per heavy atom. The minimum Gasteiger partial charge on any atom is -0.466 e. The lowest BCUT2D eigenvalue weighted by atomic mass is 10.0. The lowest BCUT2D eigenvalue weighted by Crippen LogP contribution is -2.48. The zero-order chi connectivity index (χ0) is 27.8. The predicted molar refractivity (Wildman–Crippen MR) is 135 cm³/mol. The summed E-state index contributed by atoms with van der Waals surface area (Å²) >= 11 is 0. The fraction of sp³-hybridized carbons (Fsp3) is 0.241. The lowest BCUT2D eigenvalue weighted by molar-refractivity contribution is -0.180. The van der Waals surface area contributed by atoms with E-state index in [0.29, 0.717) is 0 Å². The summed E-state index contributed by atoms with van der Waals surface area (Å²) in [7, 11) is 2.39. The van der Waals surface area contributed by atoms with E-state index in [1.165, 1.54) is 31.4 Å². The number of carbonyl (C=O) groups is 4. The molecule has 1 heterocycles. The van der Waals surface area contributed by atoms with Crippen LogP contribution < -0.4 is 0 Å². The first-order valence-corrected chi connectivity index (χ1v) is 12.0. The van der Waals surface area contributed by atoms with E-state index < -0.39 is 54.6 Å². The first-order valence-electron chi connectivity index (χ1n) is 12.0. The Kier molecular flexibility index (Phi) is 9.03. The maximum Gasteiger partial charge on any atom is 0.350 e. The van der Waals surface area contributed by atoms with E-state index in [4.69, 9.17) is 28.4 Å². The summed E-state index contributed by atoms with van der Waals surface area (Å²) in [5.74, 6) is -3.36. The van der Waals surface area contributed by atoms with Crippen molar-refractivity contribution >= 4 is 23.9 Å². The third-order valence-electron chi connectivity index (χ3n) is 5.92. The molecule has 202 valence electrons. The summed E-state index contributed by atoms with van der Waals surface area (Å²) in [6.45, 7) is 0. The molecule has 0 spiro atoms. The molecule has 10 heteroatoms. The van der Waals surface area contributed by atoms with Gasteiger partial charge in [0.05, 0.1) is 23.8 Å². The quantitative estimate of drug-likeness (QED) is 0.299. The van der Waals surface area contributed by atoms with Crippen molar-refractivity contribution in [3.05, 3.63) is 108 Å². The van der Waals surface area contributed by atoms with Crippen LogP contribution in [0.3, 0.4) is 0 Å². The largest absolute Gasteiger partial charge is 0.466 e. The summed E-state index contributed by atoms with van der Waals surface area (Å²) < 4.78 is 33.0. The highest BCUT2D eigenvalue weighted by Gasteiger charge is 2.56. The van der Waals surface area contributed by atoms with Crippen LogP contribution in [0.5, 0.6) is 0 Å². The highest BCUT2D eigenvalue weighted by molar-refractivity contribution is 5.92. The standard InChI is InChI=1S/C29H26O10/c1-34-28(33)23(37-26(31)19-14-8-4-9-15-19)21-22(36-25(30)18-12-6-3-7-13-18)24(29(35-2)39-21)38-27(32)20-16-10-5-11-17-20/h3-17,21-24,29H,1-2H3/t21-,22+,23+,24-,29-/m1/s1. The van der Waals surface area contributed by atoms with E-state index in [0.717, 1.165) is 7.11 Å². The Balaban J connectivity index is 1.68.